The highest BCUT2D eigenvalue weighted by molar-refractivity contribution is 5.77. The van der Waals surface area contributed by atoms with E-state index in [0.717, 1.165) is 12.8 Å². The van der Waals surface area contributed by atoms with Gasteiger partial charge in [0.05, 0.1) is 12.5 Å². The number of ether oxygens (including phenoxy) is 1. The Morgan fingerprint density at radius 3 is 2.73 bits per heavy atom. The molecule has 0 bridgehead atoms. The standard InChI is InChI=1S/C17H26N2O3/c1-3-14(17(21)22-4-2)15-10-11-18-19(16(15)20)12-13-8-6-5-7-9-13/h10-11,13-14H,3-9,12H2,1-2H3. The van der Waals surface area contributed by atoms with Crippen LogP contribution in [0.1, 0.15) is 63.9 Å². The zero-order chi connectivity index (χ0) is 15.9. The van der Waals surface area contributed by atoms with Crippen LogP contribution in [0.3, 0.4) is 0 Å². The smallest absolute Gasteiger partial charge is 0.313 e. The van der Waals surface area contributed by atoms with E-state index in [4.69, 9.17) is 4.74 Å². The number of esters is 1. The molecule has 1 saturated carbocycles. The van der Waals surface area contributed by atoms with Gasteiger partial charge in [-0.05, 0) is 38.2 Å². The SMILES string of the molecule is CCOC(=O)C(CC)c1ccnn(CC2CCCCC2)c1=O. The molecule has 1 fully saturated rings. The first-order valence-electron chi connectivity index (χ1n) is 8.40. The molecule has 122 valence electrons. The van der Waals surface area contributed by atoms with Crippen LogP contribution in [-0.4, -0.2) is 22.4 Å². The lowest BCUT2D eigenvalue weighted by Gasteiger charge is -2.22. The van der Waals surface area contributed by atoms with E-state index in [2.05, 4.69) is 5.10 Å². The molecule has 0 N–H and O–H groups in total. The molecular formula is C17H26N2O3. The molecule has 0 amide bonds. The van der Waals surface area contributed by atoms with E-state index < -0.39 is 5.92 Å². The highest BCUT2D eigenvalue weighted by Crippen LogP contribution is 2.24. The molecule has 0 spiro atoms. The van der Waals surface area contributed by atoms with E-state index in [-0.39, 0.29) is 11.5 Å². The van der Waals surface area contributed by atoms with Crippen molar-refractivity contribution in [3.05, 3.63) is 28.2 Å². The molecule has 1 aliphatic carbocycles. The Morgan fingerprint density at radius 2 is 2.09 bits per heavy atom. The van der Waals surface area contributed by atoms with E-state index in [0.29, 0.717) is 31.1 Å². The van der Waals surface area contributed by atoms with Gasteiger partial charge in [0.25, 0.3) is 5.56 Å². The topological polar surface area (TPSA) is 61.2 Å². The Kier molecular flexibility index (Phi) is 6.16. The van der Waals surface area contributed by atoms with Crippen LogP contribution in [0.15, 0.2) is 17.1 Å². The van der Waals surface area contributed by atoms with E-state index in [1.165, 1.54) is 23.9 Å². The maximum atomic E-state index is 12.6. The van der Waals surface area contributed by atoms with Gasteiger partial charge < -0.3 is 4.74 Å². The van der Waals surface area contributed by atoms with E-state index >= 15 is 0 Å². The molecule has 1 heterocycles. The van der Waals surface area contributed by atoms with Crippen molar-refractivity contribution < 1.29 is 9.53 Å². The number of carbonyl (C=O) groups is 1. The van der Waals surface area contributed by atoms with Gasteiger partial charge in [0.1, 0.15) is 0 Å². The van der Waals surface area contributed by atoms with Crippen molar-refractivity contribution in [3.63, 3.8) is 0 Å². The van der Waals surface area contributed by atoms with Crippen LogP contribution in [0.5, 0.6) is 0 Å². The van der Waals surface area contributed by atoms with Gasteiger partial charge in [-0.15, -0.1) is 0 Å². The summed E-state index contributed by atoms with van der Waals surface area (Å²) in [6.07, 6.45) is 8.27. The molecule has 1 aromatic rings. The number of rotatable bonds is 6. The molecule has 22 heavy (non-hydrogen) atoms. The first-order valence-corrected chi connectivity index (χ1v) is 8.40. The van der Waals surface area contributed by atoms with Crippen LogP contribution in [0.25, 0.3) is 0 Å². The van der Waals surface area contributed by atoms with Gasteiger partial charge in [0.2, 0.25) is 0 Å². The van der Waals surface area contributed by atoms with Crippen molar-refractivity contribution in [2.75, 3.05) is 6.61 Å². The highest BCUT2D eigenvalue weighted by Gasteiger charge is 2.24. The van der Waals surface area contributed by atoms with Crippen molar-refractivity contribution in [2.24, 2.45) is 5.92 Å². The predicted molar refractivity (Wildman–Crippen MR) is 84.7 cm³/mol. The largest absolute Gasteiger partial charge is 0.466 e. The average Bonchev–Trinajstić information content (AvgIpc) is 2.53. The van der Waals surface area contributed by atoms with Gasteiger partial charge in [0, 0.05) is 18.3 Å². The van der Waals surface area contributed by atoms with E-state index in [1.807, 2.05) is 6.92 Å². The van der Waals surface area contributed by atoms with E-state index in [9.17, 15) is 9.59 Å². The third-order valence-electron chi connectivity index (χ3n) is 4.45. The van der Waals surface area contributed by atoms with Crippen LogP contribution in [0, 0.1) is 5.92 Å². The lowest BCUT2D eigenvalue weighted by Crippen LogP contribution is -2.32. The Labute approximate surface area is 131 Å². The summed E-state index contributed by atoms with van der Waals surface area (Å²) in [7, 11) is 0. The van der Waals surface area contributed by atoms with Gasteiger partial charge in [-0.2, -0.15) is 5.10 Å². The average molecular weight is 306 g/mol. The third-order valence-corrected chi connectivity index (χ3v) is 4.45. The summed E-state index contributed by atoms with van der Waals surface area (Å²) in [5, 5.41) is 4.21. The number of hydrogen-bond donors (Lipinski definition) is 0. The summed E-state index contributed by atoms with van der Waals surface area (Å²) < 4.78 is 6.62. The Hall–Kier alpha value is -1.65. The lowest BCUT2D eigenvalue weighted by atomic mass is 9.89. The second-order valence-electron chi connectivity index (χ2n) is 5.99. The van der Waals surface area contributed by atoms with Crippen LogP contribution in [0.4, 0.5) is 0 Å². The van der Waals surface area contributed by atoms with Crippen molar-refractivity contribution in [1.29, 1.82) is 0 Å². The van der Waals surface area contributed by atoms with E-state index in [1.54, 1.807) is 19.2 Å². The molecule has 0 saturated heterocycles. The molecule has 1 atom stereocenters. The summed E-state index contributed by atoms with van der Waals surface area (Å²) in [5.74, 6) is -0.289. The minimum atomic E-state index is -0.493. The fraction of sp³-hybridized carbons (Fsp3) is 0.706. The van der Waals surface area contributed by atoms with Gasteiger partial charge in [-0.1, -0.05) is 26.2 Å². The molecule has 0 aromatic carbocycles. The third kappa shape index (κ3) is 3.96. The molecular weight excluding hydrogens is 280 g/mol. The van der Waals surface area contributed by atoms with Crippen LogP contribution >= 0.6 is 0 Å². The van der Waals surface area contributed by atoms with Crippen molar-refractivity contribution in [3.8, 4) is 0 Å². The summed E-state index contributed by atoms with van der Waals surface area (Å²) in [4.78, 5) is 24.7. The zero-order valence-corrected chi connectivity index (χ0v) is 13.6. The van der Waals surface area contributed by atoms with Crippen molar-refractivity contribution >= 4 is 5.97 Å². The fourth-order valence-corrected chi connectivity index (χ4v) is 3.23. The molecule has 2 rings (SSSR count). The minimum absolute atomic E-state index is 0.145. The van der Waals surface area contributed by atoms with Gasteiger partial charge in [-0.25, -0.2) is 4.68 Å². The van der Waals surface area contributed by atoms with Gasteiger partial charge in [0.15, 0.2) is 0 Å². The minimum Gasteiger partial charge on any atom is -0.466 e. The Balaban J connectivity index is 2.20. The first-order chi connectivity index (χ1) is 10.7. The maximum Gasteiger partial charge on any atom is 0.313 e. The quantitative estimate of drug-likeness (QED) is 0.758. The van der Waals surface area contributed by atoms with Crippen LogP contribution in [-0.2, 0) is 16.1 Å². The predicted octanol–water partition coefficient (Wildman–Crippen LogP) is 2.88. The molecule has 1 aromatic heterocycles. The fourth-order valence-electron chi connectivity index (χ4n) is 3.23. The number of nitrogens with zero attached hydrogens (tertiary/aromatic N) is 2. The number of carbonyl (C=O) groups excluding carboxylic acids is 1. The molecule has 0 radical (unpaired) electrons. The molecule has 1 aliphatic rings. The normalized spacial score (nSPS) is 17.2. The summed E-state index contributed by atoms with van der Waals surface area (Å²) in [6, 6.07) is 1.66. The summed E-state index contributed by atoms with van der Waals surface area (Å²) >= 11 is 0. The Morgan fingerprint density at radius 1 is 1.36 bits per heavy atom. The van der Waals surface area contributed by atoms with Gasteiger partial charge in [-0.3, -0.25) is 9.59 Å². The summed E-state index contributed by atoms with van der Waals surface area (Å²) in [5.41, 5.74) is 0.361. The monoisotopic (exact) mass is 306 g/mol. The zero-order valence-electron chi connectivity index (χ0n) is 13.6. The second kappa shape index (κ2) is 8.11. The summed E-state index contributed by atoms with van der Waals surface area (Å²) in [6.45, 7) is 4.66. The molecule has 5 nitrogen and oxygen atoms in total. The molecule has 1 unspecified atom stereocenters. The van der Waals surface area contributed by atoms with Crippen molar-refractivity contribution in [1.82, 2.24) is 9.78 Å². The van der Waals surface area contributed by atoms with Crippen LogP contribution in [0.2, 0.25) is 0 Å². The Bertz CT molecular complexity index is 547. The lowest BCUT2D eigenvalue weighted by molar-refractivity contribution is -0.145. The number of aromatic nitrogens is 2. The highest BCUT2D eigenvalue weighted by atomic mass is 16.5. The van der Waals surface area contributed by atoms with Crippen molar-refractivity contribution in [2.45, 2.75) is 64.8 Å². The van der Waals surface area contributed by atoms with Crippen LogP contribution < -0.4 is 5.56 Å². The maximum absolute atomic E-state index is 12.6. The second-order valence-corrected chi connectivity index (χ2v) is 5.99. The first kappa shape index (κ1) is 16.7. The number of hydrogen-bond acceptors (Lipinski definition) is 4. The molecule has 0 aliphatic heterocycles. The molecule has 5 heteroatoms. The van der Waals surface area contributed by atoms with Gasteiger partial charge >= 0.3 is 5.97 Å².